The van der Waals surface area contributed by atoms with Crippen LogP contribution >= 0.6 is 11.6 Å². The highest BCUT2D eigenvalue weighted by atomic mass is 35.5. The van der Waals surface area contributed by atoms with Gasteiger partial charge in [-0.2, -0.15) is 8.78 Å². The zero-order chi connectivity index (χ0) is 24.6. The van der Waals surface area contributed by atoms with E-state index in [0.717, 1.165) is 6.07 Å². The third kappa shape index (κ3) is 4.42. The number of nitrogens with one attached hydrogen (secondary N) is 1. The predicted octanol–water partition coefficient (Wildman–Crippen LogP) is 4.39. The number of alkyl halides is 2. The average Bonchev–Trinajstić information content (AvgIpc) is 3.12. The standard InChI is InChI=1S/C25H23ClF2N2O4/c1-14-3-8-20(23(32)29-14)30-13-16-11-15(4-7-18(16)24(30)33)5-10-22(31)25(27,28)19-12-17(26)6-9-21(19)34-2/h4,6-7,9,11-12,20H,1,3,5,8,10,13H2,2H3,(H,29,32). The summed E-state index contributed by atoms with van der Waals surface area (Å²) >= 11 is 5.85. The molecule has 178 valence electrons. The fourth-order valence-corrected chi connectivity index (χ4v) is 4.53. The fraction of sp³-hybridized carbons (Fsp3) is 0.320. The first-order valence-electron chi connectivity index (χ1n) is 10.8. The average molecular weight is 489 g/mol. The maximum atomic E-state index is 14.9. The lowest BCUT2D eigenvalue weighted by Gasteiger charge is -2.30. The molecule has 2 aromatic rings. The molecule has 1 fully saturated rings. The Kier molecular flexibility index (Phi) is 6.45. The number of amides is 2. The molecule has 2 heterocycles. The zero-order valence-electron chi connectivity index (χ0n) is 18.5. The Morgan fingerprint density at radius 2 is 2.03 bits per heavy atom. The Hall–Kier alpha value is -3.26. The van der Waals surface area contributed by atoms with Crippen molar-refractivity contribution in [2.24, 2.45) is 0 Å². The van der Waals surface area contributed by atoms with Gasteiger partial charge in [-0.1, -0.05) is 30.3 Å². The van der Waals surface area contributed by atoms with Crippen molar-refractivity contribution in [3.8, 4) is 5.75 Å². The number of ether oxygens (including phenoxy) is 1. The molecule has 2 amide bonds. The van der Waals surface area contributed by atoms with Gasteiger partial charge in [-0.15, -0.1) is 0 Å². The number of ketones is 1. The summed E-state index contributed by atoms with van der Waals surface area (Å²) in [5.74, 6) is -5.65. The largest absolute Gasteiger partial charge is 0.496 e. The molecule has 1 atom stereocenters. The highest BCUT2D eigenvalue weighted by molar-refractivity contribution is 6.30. The molecule has 0 bridgehead atoms. The van der Waals surface area contributed by atoms with Crippen molar-refractivity contribution in [3.63, 3.8) is 0 Å². The number of piperidine rings is 1. The van der Waals surface area contributed by atoms with Gasteiger partial charge in [0.15, 0.2) is 0 Å². The molecule has 1 unspecified atom stereocenters. The number of rotatable bonds is 7. The van der Waals surface area contributed by atoms with Crippen molar-refractivity contribution >= 4 is 29.2 Å². The van der Waals surface area contributed by atoms with Crippen molar-refractivity contribution in [3.05, 3.63) is 76.0 Å². The summed E-state index contributed by atoms with van der Waals surface area (Å²) in [7, 11) is 1.25. The van der Waals surface area contributed by atoms with Gasteiger partial charge < -0.3 is 15.0 Å². The Labute approximate surface area is 200 Å². The number of nitrogens with zero attached hydrogens (tertiary/aromatic N) is 1. The molecule has 0 aliphatic carbocycles. The normalized spacial score (nSPS) is 18.1. The van der Waals surface area contributed by atoms with Crippen LogP contribution in [0.15, 0.2) is 48.7 Å². The monoisotopic (exact) mass is 488 g/mol. The summed E-state index contributed by atoms with van der Waals surface area (Å²) in [4.78, 5) is 39.1. The lowest BCUT2D eigenvalue weighted by molar-refractivity contribution is -0.144. The van der Waals surface area contributed by atoms with Crippen molar-refractivity contribution in [2.75, 3.05) is 7.11 Å². The SMILES string of the molecule is C=C1CCC(N2Cc3cc(CCC(=O)C(F)(F)c4cc(Cl)ccc4OC)ccc3C2=O)C(=O)N1. The van der Waals surface area contributed by atoms with Crippen molar-refractivity contribution in [2.45, 2.75) is 44.2 Å². The summed E-state index contributed by atoms with van der Waals surface area (Å²) in [6.07, 6.45) is 0.748. The van der Waals surface area contributed by atoms with Crippen molar-refractivity contribution in [1.82, 2.24) is 10.2 Å². The van der Waals surface area contributed by atoms with Crippen LogP contribution in [-0.2, 0) is 28.5 Å². The van der Waals surface area contributed by atoms with Crippen LogP contribution in [0.3, 0.4) is 0 Å². The van der Waals surface area contributed by atoms with E-state index in [4.69, 9.17) is 16.3 Å². The molecule has 1 saturated heterocycles. The minimum Gasteiger partial charge on any atom is -0.496 e. The third-order valence-electron chi connectivity index (χ3n) is 6.19. The van der Waals surface area contributed by atoms with Crippen LogP contribution in [0, 0.1) is 0 Å². The van der Waals surface area contributed by atoms with Gasteiger partial charge >= 0.3 is 5.92 Å². The lowest BCUT2D eigenvalue weighted by atomic mass is 9.97. The quantitative estimate of drug-likeness (QED) is 0.627. The summed E-state index contributed by atoms with van der Waals surface area (Å²) < 4.78 is 34.7. The van der Waals surface area contributed by atoms with E-state index in [-0.39, 0.29) is 35.6 Å². The molecule has 4 rings (SSSR count). The molecule has 0 saturated carbocycles. The van der Waals surface area contributed by atoms with E-state index in [0.29, 0.717) is 35.2 Å². The molecule has 2 aromatic carbocycles. The second kappa shape index (κ2) is 9.18. The minimum absolute atomic E-state index is 0.0719. The summed E-state index contributed by atoms with van der Waals surface area (Å²) in [5, 5.41) is 2.76. The molecule has 2 aliphatic rings. The second-order valence-corrected chi connectivity index (χ2v) is 8.85. The van der Waals surface area contributed by atoms with E-state index in [1.807, 2.05) is 0 Å². The Morgan fingerprint density at radius 1 is 1.26 bits per heavy atom. The zero-order valence-corrected chi connectivity index (χ0v) is 19.3. The number of fused-ring (bicyclic) bond motifs is 1. The first kappa shape index (κ1) is 23.9. The molecule has 1 N–H and O–H groups in total. The van der Waals surface area contributed by atoms with Gasteiger partial charge in [-0.25, -0.2) is 0 Å². The number of allylic oxidation sites excluding steroid dienone is 1. The van der Waals surface area contributed by atoms with E-state index in [1.165, 1.54) is 24.1 Å². The number of aryl methyl sites for hydroxylation is 1. The van der Waals surface area contributed by atoms with Gasteiger partial charge in [0.25, 0.3) is 5.91 Å². The van der Waals surface area contributed by atoms with E-state index in [2.05, 4.69) is 11.9 Å². The number of benzene rings is 2. The van der Waals surface area contributed by atoms with Crippen LogP contribution in [-0.4, -0.2) is 35.6 Å². The molecule has 0 spiro atoms. The maximum Gasteiger partial charge on any atom is 0.334 e. The number of methoxy groups -OCH3 is 1. The van der Waals surface area contributed by atoms with Crippen LogP contribution in [0.4, 0.5) is 8.78 Å². The van der Waals surface area contributed by atoms with E-state index < -0.39 is 29.7 Å². The van der Waals surface area contributed by atoms with Crippen LogP contribution in [0.1, 0.15) is 46.3 Å². The van der Waals surface area contributed by atoms with E-state index in [1.54, 1.807) is 18.2 Å². The molecule has 6 nitrogen and oxygen atoms in total. The Morgan fingerprint density at radius 3 is 2.74 bits per heavy atom. The van der Waals surface area contributed by atoms with E-state index >= 15 is 0 Å². The highest BCUT2D eigenvalue weighted by Gasteiger charge is 2.43. The van der Waals surface area contributed by atoms with Crippen molar-refractivity contribution in [1.29, 1.82) is 0 Å². The Bertz CT molecular complexity index is 1200. The smallest absolute Gasteiger partial charge is 0.334 e. The number of carbonyl (C=O) groups is 3. The molecule has 2 aliphatic heterocycles. The number of hydrogen-bond donors (Lipinski definition) is 1. The summed E-state index contributed by atoms with van der Waals surface area (Å²) in [6.45, 7) is 4.00. The maximum absolute atomic E-state index is 14.9. The van der Waals surface area contributed by atoms with Gasteiger partial charge in [0, 0.05) is 29.2 Å². The first-order valence-corrected chi connectivity index (χ1v) is 11.2. The minimum atomic E-state index is -3.77. The van der Waals surface area contributed by atoms with Crippen molar-refractivity contribution < 1.29 is 27.9 Å². The molecule has 34 heavy (non-hydrogen) atoms. The summed E-state index contributed by atoms with van der Waals surface area (Å²) in [5.41, 5.74) is 1.88. The first-order chi connectivity index (χ1) is 16.1. The molecular formula is C25H23ClF2N2O4. The van der Waals surface area contributed by atoms with Crippen LogP contribution in [0.25, 0.3) is 0 Å². The second-order valence-electron chi connectivity index (χ2n) is 8.41. The highest BCUT2D eigenvalue weighted by Crippen LogP contribution is 2.38. The number of Topliss-reactive ketones (excluding diaryl/α,β-unsaturated/α-hetero) is 1. The topological polar surface area (TPSA) is 75.7 Å². The molecule has 0 radical (unpaired) electrons. The van der Waals surface area contributed by atoms with Gasteiger partial charge in [-0.05, 0) is 54.7 Å². The van der Waals surface area contributed by atoms with Gasteiger partial charge in [0.1, 0.15) is 11.8 Å². The van der Waals surface area contributed by atoms with Crippen LogP contribution in [0.2, 0.25) is 5.02 Å². The van der Waals surface area contributed by atoms with Gasteiger partial charge in [0.2, 0.25) is 11.7 Å². The Balaban J connectivity index is 1.46. The summed E-state index contributed by atoms with van der Waals surface area (Å²) in [6, 6.07) is 8.16. The molecule has 0 aromatic heterocycles. The molecule has 9 heteroatoms. The molecular weight excluding hydrogens is 466 g/mol. The van der Waals surface area contributed by atoms with Crippen LogP contribution < -0.4 is 10.1 Å². The van der Waals surface area contributed by atoms with Crippen LogP contribution in [0.5, 0.6) is 5.75 Å². The number of halogens is 3. The predicted molar refractivity (Wildman–Crippen MR) is 122 cm³/mol. The number of carbonyl (C=O) groups excluding carboxylic acids is 3. The number of hydrogen-bond acceptors (Lipinski definition) is 4. The lowest BCUT2D eigenvalue weighted by Crippen LogP contribution is -2.49. The third-order valence-corrected chi connectivity index (χ3v) is 6.43. The van der Waals surface area contributed by atoms with E-state index in [9.17, 15) is 23.2 Å². The van der Waals surface area contributed by atoms with Gasteiger partial charge in [-0.3, -0.25) is 14.4 Å². The fourth-order valence-electron chi connectivity index (χ4n) is 4.35. The van der Waals surface area contributed by atoms with Gasteiger partial charge in [0.05, 0.1) is 12.7 Å².